The number of benzene rings is 1. The second kappa shape index (κ2) is 6.29. The number of carbonyl (C=O) groups is 2. The highest BCUT2D eigenvalue weighted by Gasteiger charge is 2.16. The monoisotopic (exact) mass is 358 g/mol. The van der Waals surface area contributed by atoms with E-state index in [4.69, 9.17) is 0 Å². The second-order valence-corrected chi connectivity index (χ2v) is 5.55. The maximum absolute atomic E-state index is 12.1. The Morgan fingerprint density at radius 2 is 2.00 bits per heavy atom. The van der Waals surface area contributed by atoms with E-state index >= 15 is 0 Å². The molecule has 0 atom stereocenters. The fourth-order valence-electron chi connectivity index (χ4n) is 1.90. The quantitative estimate of drug-likeness (QED) is 0.655. The summed E-state index contributed by atoms with van der Waals surface area (Å²) in [5.74, 6) is 0.181. The van der Waals surface area contributed by atoms with Crippen LogP contribution in [0.25, 0.3) is 0 Å². The van der Waals surface area contributed by atoms with Crippen molar-refractivity contribution in [3.63, 3.8) is 0 Å². The van der Waals surface area contributed by atoms with Crippen LogP contribution in [-0.2, 0) is 4.79 Å². The Morgan fingerprint density at radius 1 is 1.28 bits per heavy atom. The Labute approximate surface area is 120 Å². The third-order valence-electron chi connectivity index (χ3n) is 2.94. The van der Waals surface area contributed by atoms with E-state index in [0.717, 1.165) is 15.7 Å². The lowest BCUT2D eigenvalue weighted by Crippen LogP contribution is -2.33. The topological polar surface area (TPSA) is 49.4 Å². The average Bonchev–Trinajstić information content (AvgIpc) is 2.55. The van der Waals surface area contributed by atoms with Crippen LogP contribution in [0.15, 0.2) is 24.3 Å². The molecular weight excluding hydrogens is 343 g/mol. The molecule has 1 saturated heterocycles. The van der Waals surface area contributed by atoms with Crippen molar-refractivity contribution < 1.29 is 9.59 Å². The van der Waals surface area contributed by atoms with Gasteiger partial charge in [0.15, 0.2) is 5.78 Å². The number of rotatable bonds is 3. The molecule has 1 aliphatic rings. The van der Waals surface area contributed by atoms with Gasteiger partial charge in [0, 0.05) is 35.2 Å². The van der Waals surface area contributed by atoms with E-state index in [2.05, 4.69) is 27.9 Å². The second-order valence-electron chi connectivity index (χ2n) is 4.31. The summed E-state index contributed by atoms with van der Waals surface area (Å²) in [6.07, 6.45) is 0.472. The molecule has 1 aromatic rings. The van der Waals surface area contributed by atoms with Gasteiger partial charge >= 0.3 is 0 Å². The summed E-state index contributed by atoms with van der Waals surface area (Å²) < 4.78 is 1.12. The predicted octanol–water partition coefficient (Wildman–Crippen LogP) is 1.30. The molecule has 0 unspecified atom stereocenters. The molecule has 5 heteroatoms. The Morgan fingerprint density at radius 3 is 2.72 bits per heavy atom. The molecule has 0 spiro atoms. The normalized spacial score (nSPS) is 17.1. The molecule has 0 aliphatic carbocycles. The van der Waals surface area contributed by atoms with Crippen molar-refractivity contribution in [2.75, 3.05) is 26.2 Å². The summed E-state index contributed by atoms with van der Waals surface area (Å²) >= 11 is 2.22. The summed E-state index contributed by atoms with van der Waals surface area (Å²) in [6, 6.07) is 7.57. The lowest BCUT2D eigenvalue weighted by Gasteiger charge is -2.17. The summed E-state index contributed by atoms with van der Waals surface area (Å²) in [5.41, 5.74) is 0.735. The van der Waals surface area contributed by atoms with E-state index in [9.17, 15) is 9.59 Å². The number of halogens is 1. The van der Waals surface area contributed by atoms with Gasteiger partial charge in [-0.2, -0.15) is 0 Å². The van der Waals surface area contributed by atoms with Gasteiger partial charge in [0.05, 0.1) is 6.54 Å². The number of nitrogens with zero attached hydrogens (tertiary/aromatic N) is 1. The first kappa shape index (κ1) is 13.5. The zero-order chi connectivity index (χ0) is 13.0. The third kappa shape index (κ3) is 3.78. The fourth-order valence-corrected chi connectivity index (χ4v) is 2.26. The van der Waals surface area contributed by atoms with Crippen molar-refractivity contribution >= 4 is 34.3 Å². The number of hydrogen-bond donors (Lipinski definition) is 1. The zero-order valence-electron chi connectivity index (χ0n) is 9.99. The molecule has 1 aromatic carbocycles. The first-order valence-corrected chi connectivity index (χ1v) is 7.01. The van der Waals surface area contributed by atoms with Crippen LogP contribution in [0.4, 0.5) is 0 Å². The Kier molecular flexibility index (Phi) is 4.71. The smallest absolute Gasteiger partial charge is 0.221 e. The molecular formula is C13H15IN2O2. The van der Waals surface area contributed by atoms with Crippen LogP contribution in [0, 0.1) is 3.57 Å². The molecule has 96 valence electrons. The Hall–Kier alpha value is -0.950. The van der Waals surface area contributed by atoms with Crippen LogP contribution >= 0.6 is 22.6 Å². The molecule has 1 N–H and O–H groups in total. The van der Waals surface area contributed by atoms with Gasteiger partial charge in [0.1, 0.15) is 0 Å². The number of amides is 1. The van der Waals surface area contributed by atoms with Crippen LogP contribution in [0.3, 0.4) is 0 Å². The molecule has 0 bridgehead atoms. The standard InChI is InChI=1S/C13H15IN2O2/c14-11-3-1-10(2-4-11)12(17)9-16-7-5-13(18)15-6-8-16/h1-4H,5-9H2,(H,15,18). The molecule has 0 saturated carbocycles. The highest BCUT2D eigenvalue weighted by molar-refractivity contribution is 14.1. The number of ketones is 1. The summed E-state index contributed by atoms with van der Waals surface area (Å²) in [4.78, 5) is 25.3. The van der Waals surface area contributed by atoms with Gasteiger partial charge in [-0.15, -0.1) is 0 Å². The molecule has 1 aliphatic heterocycles. The van der Waals surface area contributed by atoms with Crippen molar-refractivity contribution in [1.82, 2.24) is 10.2 Å². The number of hydrogen-bond acceptors (Lipinski definition) is 3. The van der Waals surface area contributed by atoms with E-state index in [-0.39, 0.29) is 11.7 Å². The number of Topliss-reactive ketones (excluding diaryl/α,β-unsaturated/α-hetero) is 1. The molecule has 1 fully saturated rings. The summed E-state index contributed by atoms with van der Waals surface area (Å²) in [5, 5.41) is 2.80. The van der Waals surface area contributed by atoms with Gasteiger partial charge < -0.3 is 5.32 Å². The maximum Gasteiger partial charge on any atom is 0.221 e. The zero-order valence-corrected chi connectivity index (χ0v) is 12.1. The lowest BCUT2D eigenvalue weighted by molar-refractivity contribution is -0.120. The highest BCUT2D eigenvalue weighted by Crippen LogP contribution is 2.08. The van der Waals surface area contributed by atoms with Gasteiger partial charge in [-0.05, 0) is 34.7 Å². The fraction of sp³-hybridized carbons (Fsp3) is 0.385. The lowest BCUT2D eigenvalue weighted by atomic mass is 10.1. The first-order chi connectivity index (χ1) is 8.65. The minimum Gasteiger partial charge on any atom is -0.355 e. The van der Waals surface area contributed by atoms with Crippen molar-refractivity contribution in [3.8, 4) is 0 Å². The minimum atomic E-state index is 0.0687. The van der Waals surface area contributed by atoms with E-state index in [1.165, 1.54) is 0 Å². The highest BCUT2D eigenvalue weighted by atomic mass is 127. The number of carbonyl (C=O) groups excluding carboxylic acids is 2. The van der Waals surface area contributed by atoms with E-state index in [1.54, 1.807) is 0 Å². The van der Waals surface area contributed by atoms with Crippen molar-refractivity contribution in [2.24, 2.45) is 0 Å². The summed E-state index contributed by atoms with van der Waals surface area (Å²) in [6.45, 7) is 2.40. The van der Waals surface area contributed by atoms with E-state index in [0.29, 0.717) is 26.1 Å². The van der Waals surface area contributed by atoms with Gasteiger partial charge in [0.2, 0.25) is 5.91 Å². The molecule has 1 heterocycles. The minimum absolute atomic E-state index is 0.0687. The van der Waals surface area contributed by atoms with Crippen LogP contribution in [-0.4, -0.2) is 42.8 Å². The van der Waals surface area contributed by atoms with Crippen molar-refractivity contribution in [3.05, 3.63) is 33.4 Å². The molecule has 0 aromatic heterocycles. The Balaban J connectivity index is 1.94. The van der Waals surface area contributed by atoms with Crippen molar-refractivity contribution in [1.29, 1.82) is 0 Å². The van der Waals surface area contributed by atoms with Crippen LogP contribution in [0.5, 0.6) is 0 Å². The predicted molar refractivity (Wildman–Crippen MR) is 77.6 cm³/mol. The molecule has 2 rings (SSSR count). The summed E-state index contributed by atoms with van der Waals surface area (Å²) in [7, 11) is 0. The SMILES string of the molecule is O=C1CCN(CC(=O)c2ccc(I)cc2)CCN1. The third-order valence-corrected chi connectivity index (χ3v) is 3.66. The van der Waals surface area contributed by atoms with E-state index < -0.39 is 0 Å². The molecule has 1 amide bonds. The largest absolute Gasteiger partial charge is 0.355 e. The van der Waals surface area contributed by atoms with Gasteiger partial charge in [-0.1, -0.05) is 12.1 Å². The average molecular weight is 358 g/mol. The van der Waals surface area contributed by atoms with Gasteiger partial charge in [-0.25, -0.2) is 0 Å². The molecule has 0 radical (unpaired) electrons. The van der Waals surface area contributed by atoms with Crippen LogP contribution < -0.4 is 5.32 Å². The molecule has 18 heavy (non-hydrogen) atoms. The first-order valence-electron chi connectivity index (χ1n) is 5.93. The van der Waals surface area contributed by atoms with E-state index in [1.807, 2.05) is 29.2 Å². The van der Waals surface area contributed by atoms with Crippen molar-refractivity contribution in [2.45, 2.75) is 6.42 Å². The molecule has 4 nitrogen and oxygen atoms in total. The number of nitrogens with one attached hydrogen (secondary N) is 1. The maximum atomic E-state index is 12.1. The van der Waals surface area contributed by atoms with Gasteiger partial charge in [0.25, 0.3) is 0 Å². The van der Waals surface area contributed by atoms with Gasteiger partial charge in [-0.3, -0.25) is 14.5 Å². The van der Waals surface area contributed by atoms with Crippen LogP contribution in [0.2, 0.25) is 0 Å². The van der Waals surface area contributed by atoms with Crippen LogP contribution in [0.1, 0.15) is 16.8 Å². The Bertz CT molecular complexity index is 445.